The summed E-state index contributed by atoms with van der Waals surface area (Å²) in [5, 5.41) is 16.5. The molecule has 0 saturated carbocycles. The van der Waals surface area contributed by atoms with Gasteiger partial charge in [0.1, 0.15) is 23.3 Å². The third-order valence-corrected chi connectivity index (χ3v) is 7.54. The lowest BCUT2D eigenvalue weighted by Gasteiger charge is -2.26. The number of methoxy groups -OCH3 is 2. The maximum atomic E-state index is 13.1. The largest absolute Gasteiger partial charge is 0.495 e. The molecule has 1 aliphatic heterocycles. The van der Waals surface area contributed by atoms with E-state index in [9.17, 15) is 13.7 Å². The van der Waals surface area contributed by atoms with Crippen LogP contribution in [-0.2, 0) is 19.5 Å². The molecule has 0 radical (unpaired) electrons. The van der Waals surface area contributed by atoms with Gasteiger partial charge in [0.25, 0.3) is 0 Å². The average molecular weight is 516 g/mol. The van der Waals surface area contributed by atoms with Gasteiger partial charge >= 0.3 is 0 Å². The number of aromatic nitrogens is 3. The highest BCUT2D eigenvalue weighted by atomic mass is 32.2. The summed E-state index contributed by atoms with van der Waals surface area (Å²) in [6, 6.07) is 6.74. The SMILES string of the molecule is COCC(C)(C)Nc1nc(Nc2ccc(S(=O)(=O)N3CCOCC3)cc2OC)nc2[nH]cc(C#N)c12. The maximum absolute atomic E-state index is 13.1. The number of H-pyrrole nitrogens is 1. The molecule has 0 bridgehead atoms. The molecule has 0 unspecified atom stereocenters. The van der Waals surface area contributed by atoms with Gasteiger partial charge in [-0.25, -0.2) is 8.42 Å². The smallest absolute Gasteiger partial charge is 0.243 e. The van der Waals surface area contributed by atoms with E-state index in [-0.39, 0.29) is 10.8 Å². The van der Waals surface area contributed by atoms with Crippen LogP contribution in [0.1, 0.15) is 19.4 Å². The van der Waals surface area contributed by atoms with Crippen molar-refractivity contribution in [1.82, 2.24) is 19.3 Å². The summed E-state index contributed by atoms with van der Waals surface area (Å²) in [4.78, 5) is 12.2. The van der Waals surface area contributed by atoms with E-state index in [2.05, 4.69) is 31.7 Å². The van der Waals surface area contributed by atoms with E-state index in [1.807, 2.05) is 13.8 Å². The zero-order chi connectivity index (χ0) is 25.9. The lowest BCUT2D eigenvalue weighted by atomic mass is 10.1. The molecule has 2 aromatic heterocycles. The first-order chi connectivity index (χ1) is 17.2. The van der Waals surface area contributed by atoms with Gasteiger partial charge in [-0.1, -0.05) is 0 Å². The number of nitrogens with zero attached hydrogens (tertiary/aromatic N) is 4. The Morgan fingerprint density at radius 1 is 1.25 bits per heavy atom. The van der Waals surface area contributed by atoms with Gasteiger partial charge in [-0.15, -0.1) is 0 Å². The fourth-order valence-corrected chi connectivity index (χ4v) is 5.40. The highest BCUT2D eigenvalue weighted by Gasteiger charge is 2.27. The second kappa shape index (κ2) is 10.3. The minimum Gasteiger partial charge on any atom is -0.495 e. The summed E-state index contributed by atoms with van der Waals surface area (Å²) < 4.78 is 43.6. The molecular weight excluding hydrogens is 486 g/mol. The average Bonchev–Trinajstić information content (AvgIpc) is 3.28. The molecule has 36 heavy (non-hydrogen) atoms. The number of anilines is 3. The van der Waals surface area contributed by atoms with Gasteiger partial charge in [0, 0.05) is 32.5 Å². The second-order valence-electron chi connectivity index (χ2n) is 8.88. The van der Waals surface area contributed by atoms with Gasteiger partial charge in [0.05, 0.1) is 54.0 Å². The molecule has 4 rings (SSSR count). The van der Waals surface area contributed by atoms with Crippen molar-refractivity contribution in [3.05, 3.63) is 30.0 Å². The van der Waals surface area contributed by atoms with Crippen LogP contribution in [-0.4, -0.2) is 80.3 Å². The van der Waals surface area contributed by atoms with Gasteiger partial charge in [-0.3, -0.25) is 0 Å². The lowest BCUT2D eigenvalue weighted by molar-refractivity contribution is 0.0730. The molecule has 1 aromatic carbocycles. The van der Waals surface area contributed by atoms with Gasteiger partial charge in [-0.2, -0.15) is 19.5 Å². The number of fused-ring (bicyclic) bond motifs is 1. The summed E-state index contributed by atoms with van der Waals surface area (Å²) in [5.41, 5.74) is 0.865. The van der Waals surface area contributed by atoms with E-state index in [0.29, 0.717) is 66.8 Å². The van der Waals surface area contributed by atoms with E-state index in [0.717, 1.165) is 0 Å². The molecule has 12 nitrogen and oxygen atoms in total. The van der Waals surface area contributed by atoms with Crippen LogP contribution < -0.4 is 15.4 Å². The molecule has 1 fully saturated rings. The first-order valence-corrected chi connectivity index (χ1v) is 12.7. The minimum atomic E-state index is -3.69. The van der Waals surface area contributed by atoms with Crippen molar-refractivity contribution in [2.24, 2.45) is 0 Å². The number of ether oxygens (including phenoxy) is 3. The third-order valence-electron chi connectivity index (χ3n) is 5.64. The van der Waals surface area contributed by atoms with Crippen molar-refractivity contribution >= 4 is 38.5 Å². The Morgan fingerprint density at radius 3 is 2.67 bits per heavy atom. The van der Waals surface area contributed by atoms with Gasteiger partial charge in [-0.05, 0) is 26.0 Å². The zero-order valence-corrected chi connectivity index (χ0v) is 21.4. The van der Waals surface area contributed by atoms with Crippen molar-refractivity contribution in [2.45, 2.75) is 24.3 Å². The standard InChI is InChI=1S/C23H29N7O5S/c1-23(2,14-33-3)29-21-19-15(12-24)13-25-20(19)27-22(28-21)26-17-6-5-16(11-18(17)34-4)36(31,32)30-7-9-35-10-8-30/h5-6,11,13H,7-10,14H2,1-4H3,(H3,25,26,27,28,29). The number of hydrogen-bond donors (Lipinski definition) is 3. The molecule has 13 heteroatoms. The second-order valence-corrected chi connectivity index (χ2v) is 10.8. The maximum Gasteiger partial charge on any atom is 0.243 e. The van der Waals surface area contributed by atoms with E-state index in [1.54, 1.807) is 19.4 Å². The van der Waals surface area contributed by atoms with Crippen molar-refractivity contribution in [3.63, 3.8) is 0 Å². The normalized spacial score (nSPS) is 15.0. The molecule has 0 spiro atoms. The molecule has 3 heterocycles. The number of nitriles is 1. The van der Waals surface area contributed by atoms with E-state index < -0.39 is 15.6 Å². The van der Waals surface area contributed by atoms with Crippen LogP contribution in [0, 0.1) is 11.3 Å². The zero-order valence-electron chi connectivity index (χ0n) is 20.6. The lowest BCUT2D eigenvalue weighted by Crippen LogP contribution is -2.40. The summed E-state index contributed by atoms with van der Waals surface area (Å²) in [5.74, 6) is 0.992. The third kappa shape index (κ3) is 5.21. The van der Waals surface area contributed by atoms with Crippen molar-refractivity contribution < 1.29 is 22.6 Å². The van der Waals surface area contributed by atoms with Crippen LogP contribution >= 0.6 is 0 Å². The highest BCUT2D eigenvalue weighted by molar-refractivity contribution is 7.89. The number of rotatable bonds is 9. The Hall–Kier alpha value is -3.44. The topological polar surface area (TPSA) is 154 Å². The first-order valence-electron chi connectivity index (χ1n) is 11.3. The summed E-state index contributed by atoms with van der Waals surface area (Å²) in [6.07, 6.45) is 1.57. The number of hydrogen-bond acceptors (Lipinski definition) is 10. The number of aromatic amines is 1. The molecule has 1 aliphatic rings. The molecule has 3 N–H and O–H groups in total. The van der Waals surface area contributed by atoms with Crippen LogP contribution in [0.15, 0.2) is 29.3 Å². The summed E-state index contributed by atoms with van der Waals surface area (Å²) in [7, 11) is -0.621. The van der Waals surface area contributed by atoms with E-state index >= 15 is 0 Å². The first kappa shape index (κ1) is 25.6. The molecule has 0 atom stereocenters. The van der Waals surface area contributed by atoms with Crippen molar-refractivity contribution in [1.29, 1.82) is 5.26 Å². The number of sulfonamides is 1. The highest BCUT2D eigenvalue weighted by Crippen LogP contribution is 2.33. The van der Waals surface area contributed by atoms with E-state index in [1.165, 1.54) is 23.5 Å². The molecular formula is C23H29N7O5S. The van der Waals surface area contributed by atoms with Crippen LogP contribution in [0.25, 0.3) is 11.0 Å². The number of nitrogens with one attached hydrogen (secondary N) is 3. The van der Waals surface area contributed by atoms with Crippen molar-refractivity contribution in [2.75, 3.05) is 57.8 Å². The molecule has 1 saturated heterocycles. The van der Waals surface area contributed by atoms with Crippen LogP contribution in [0.2, 0.25) is 0 Å². The number of morpholine rings is 1. The fourth-order valence-electron chi connectivity index (χ4n) is 3.98. The fraction of sp³-hybridized carbons (Fsp3) is 0.435. The van der Waals surface area contributed by atoms with Crippen LogP contribution in [0.3, 0.4) is 0 Å². The number of benzene rings is 1. The molecule has 3 aromatic rings. The predicted molar refractivity (Wildman–Crippen MR) is 134 cm³/mol. The minimum absolute atomic E-state index is 0.120. The Kier molecular flexibility index (Phi) is 7.32. The van der Waals surface area contributed by atoms with Crippen LogP contribution in [0.5, 0.6) is 5.75 Å². The van der Waals surface area contributed by atoms with Gasteiger partial charge in [0.15, 0.2) is 0 Å². The van der Waals surface area contributed by atoms with Gasteiger partial charge < -0.3 is 29.8 Å². The Balaban J connectivity index is 1.69. The quantitative estimate of drug-likeness (QED) is 0.387. The molecule has 192 valence electrons. The Labute approximate surface area is 209 Å². The van der Waals surface area contributed by atoms with Crippen LogP contribution in [0.4, 0.5) is 17.5 Å². The van der Waals surface area contributed by atoms with Crippen molar-refractivity contribution in [3.8, 4) is 11.8 Å². The monoisotopic (exact) mass is 515 g/mol. The Bertz CT molecular complexity index is 1390. The summed E-state index contributed by atoms with van der Waals surface area (Å²) in [6.45, 7) is 5.63. The van der Waals surface area contributed by atoms with E-state index in [4.69, 9.17) is 14.2 Å². The molecule has 0 amide bonds. The Morgan fingerprint density at radius 2 is 2.00 bits per heavy atom. The summed E-state index contributed by atoms with van der Waals surface area (Å²) >= 11 is 0. The predicted octanol–water partition coefficient (Wildman–Crippen LogP) is 2.44. The molecule has 0 aliphatic carbocycles. The van der Waals surface area contributed by atoms with Gasteiger partial charge in [0.2, 0.25) is 16.0 Å².